The Hall–Kier alpha value is -2.34. The molecule has 0 heterocycles. The molecule has 0 spiro atoms. The summed E-state index contributed by atoms with van der Waals surface area (Å²) < 4.78 is 27.8. The molecule has 1 N–H and O–H groups in total. The monoisotopic (exact) mass is 306 g/mol. The van der Waals surface area contributed by atoms with E-state index in [0.717, 1.165) is 6.26 Å². The Balaban J connectivity index is 2.57. The molecule has 0 bridgehead atoms. The quantitative estimate of drug-likeness (QED) is 0.877. The number of sulfone groups is 1. The van der Waals surface area contributed by atoms with Gasteiger partial charge in [-0.2, -0.15) is 0 Å². The van der Waals surface area contributed by atoms with Gasteiger partial charge in [0.25, 0.3) is 0 Å². The van der Waals surface area contributed by atoms with Crippen LogP contribution in [0.5, 0.6) is 11.5 Å². The first kappa shape index (κ1) is 15.1. The molecule has 0 fully saturated rings. The van der Waals surface area contributed by atoms with Gasteiger partial charge in [0.05, 0.1) is 17.6 Å². The van der Waals surface area contributed by atoms with Crippen molar-refractivity contribution in [1.82, 2.24) is 0 Å². The van der Waals surface area contributed by atoms with Gasteiger partial charge in [0, 0.05) is 6.26 Å². The molecule has 0 saturated heterocycles. The Morgan fingerprint density at radius 3 is 2.19 bits per heavy atom. The first-order chi connectivity index (χ1) is 9.88. The van der Waals surface area contributed by atoms with E-state index in [1.165, 1.54) is 19.2 Å². The van der Waals surface area contributed by atoms with E-state index in [9.17, 15) is 18.3 Å². The molecule has 0 unspecified atom stereocenters. The van der Waals surface area contributed by atoms with Crippen LogP contribution in [0.3, 0.4) is 0 Å². The summed E-state index contributed by atoms with van der Waals surface area (Å²) in [5.41, 5.74) is 1.23. The Labute approximate surface area is 122 Å². The van der Waals surface area contributed by atoms with Crippen molar-refractivity contribution in [2.45, 2.75) is 4.90 Å². The van der Waals surface area contributed by atoms with Crippen molar-refractivity contribution in [3.63, 3.8) is 0 Å². The van der Waals surface area contributed by atoms with Gasteiger partial charge in [0.15, 0.2) is 27.6 Å². The Morgan fingerprint density at radius 2 is 1.71 bits per heavy atom. The molecule has 0 aliphatic rings. The maximum Gasteiger partial charge on any atom is 0.175 e. The van der Waals surface area contributed by atoms with E-state index in [1.54, 1.807) is 24.3 Å². The van der Waals surface area contributed by atoms with E-state index < -0.39 is 9.84 Å². The molecule has 2 aromatic rings. The number of phenolic OH excluding ortho intramolecular Hbond substituents is 1. The third-order valence-corrected chi connectivity index (χ3v) is 4.24. The van der Waals surface area contributed by atoms with E-state index in [0.29, 0.717) is 17.4 Å². The molecule has 21 heavy (non-hydrogen) atoms. The molecule has 2 aromatic carbocycles. The minimum absolute atomic E-state index is 0.0986. The lowest BCUT2D eigenvalue weighted by atomic mass is 9.99. The van der Waals surface area contributed by atoms with Gasteiger partial charge < -0.3 is 9.84 Å². The largest absolute Gasteiger partial charge is 0.504 e. The maximum atomic E-state index is 11.4. The van der Waals surface area contributed by atoms with Gasteiger partial charge in [0.2, 0.25) is 0 Å². The standard InChI is InChI=1S/C15H14O5S/c1-20-14-8-7-12(13(9-16)15(14)17)10-3-5-11(6-4-10)21(2,18)19/h3-9,17H,1-2H3. The summed E-state index contributed by atoms with van der Waals surface area (Å²) >= 11 is 0. The summed E-state index contributed by atoms with van der Waals surface area (Å²) in [6, 6.07) is 9.27. The molecule has 6 heteroatoms. The summed E-state index contributed by atoms with van der Waals surface area (Å²) in [6.45, 7) is 0. The van der Waals surface area contributed by atoms with Gasteiger partial charge in [-0.05, 0) is 35.4 Å². The van der Waals surface area contributed by atoms with Crippen LogP contribution in [0.2, 0.25) is 0 Å². The zero-order valence-corrected chi connectivity index (χ0v) is 12.3. The molecule has 0 saturated carbocycles. The third kappa shape index (κ3) is 2.90. The summed E-state index contributed by atoms with van der Waals surface area (Å²) in [4.78, 5) is 11.4. The van der Waals surface area contributed by atoms with Crippen LogP contribution in [0, 0.1) is 0 Å². The third-order valence-electron chi connectivity index (χ3n) is 3.11. The highest BCUT2D eigenvalue weighted by molar-refractivity contribution is 7.90. The predicted molar refractivity (Wildman–Crippen MR) is 78.6 cm³/mol. The van der Waals surface area contributed by atoms with Crippen LogP contribution in [-0.2, 0) is 9.84 Å². The van der Waals surface area contributed by atoms with Crippen LogP contribution in [0.1, 0.15) is 10.4 Å². The number of carbonyl (C=O) groups excluding carboxylic acids is 1. The lowest BCUT2D eigenvalue weighted by Gasteiger charge is -2.11. The van der Waals surface area contributed by atoms with Crippen LogP contribution in [0.4, 0.5) is 0 Å². The fourth-order valence-corrected chi connectivity index (χ4v) is 2.64. The fraction of sp³-hybridized carbons (Fsp3) is 0.133. The van der Waals surface area contributed by atoms with Crippen molar-refractivity contribution in [2.24, 2.45) is 0 Å². The molecule has 0 aliphatic carbocycles. The molecule has 0 aliphatic heterocycles. The molecular formula is C15H14O5S. The molecule has 5 nitrogen and oxygen atoms in total. The summed E-state index contributed by atoms with van der Waals surface area (Å²) in [6.07, 6.45) is 1.66. The van der Waals surface area contributed by atoms with E-state index in [-0.39, 0.29) is 22.0 Å². The second-order valence-electron chi connectivity index (χ2n) is 4.49. The van der Waals surface area contributed by atoms with Gasteiger partial charge in [-0.25, -0.2) is 8.42 Å². The topological polar surface area (TPSA) is 80.7 Å². The second-order valence-corrected chi connectivity index (χ2v) is 6.51. The number of rotatable bonds is 4. The van der Waals surface area contributed by atoms with Crippen molar-refractivity contribution in [3.05, 3.63) is 42.0 Å². The van der Waals surface area contributed by atoms with E-state index >= 15 is 0 Å². The highest BCUT2D eigenvalue weighted by atomic mass is 32.2. The number of hydrogen-bond acceptors (Lipinski definition) is 5. The lowest BCUT2D eigenvalue weighted by molar-refractivity contribution is 0.112. The van der Waals surface area contributed by atoms with E-state index in [1.807, 2.05) is 0 Å². The smallest absolute Gasteiger partial charge is 0.175 e. The highest BCUT2D eigenvalue weighted by Gasteiger charge is 2.14. The number of benzene rings is 2. The highest BCUT2D eigenvalue weighted by Crippen LogP contribution is 2.36. The summed E-state index contributed by atoms with van der Waals surface area (Å²) in [5, 5.41) is 9.96. The Kier molecular flexibility index (Phi) is 3.99. The zero-order valence-electron chi connectivity index (χ0n) is 11.5. The lowest BCUT2D eigenvalue weighted by Crippen LogP contribution is -1.97. The minimum Gasteiger partial charge on any atom is -0.504 e. The zero-order chi connectivity index (χ0) is 15.6. The van der Waals surface area contributed by atoms with Crippen molar-refractivity contribution in [3.8, 4) is 22.6 Å². The minimum atomic E-state index is -3.28. The molecule has 0 atom stereocenters. The number of carbonyl (C=O) groups is 1. The van der Waals surface area contributed by atoms with E-state index in [2.05, 4.69) is 0 Å². The maximum absolute atomic E-state index is 11.4. The van der Waals surface area contributed by atoms with Crippen molar-refractivity contribution >= 4 is 16.1 Å². The number of hydrogen-bond donors (Lipinski definition) is 1. The van der Waals surface area contributed by atoms with Crippen LogP contribution in [-0.4, -0.2) is 33.2 Å². The average Bonchev–Trinajstić information content (AvgIpc) is 2.46. The number of phenols is 1. The fourth-order valence-electron chi connectivity index (χ4n) is 2.01. The van der Waals surface area contributed by atoms with Crippen molar-refractivity contribution in [1.29, 1.82) is 0 Å². The second kappa shape index (κ2) is 5.57. The SMILES string of the molecule is COc1ccc(-c2ccc(S(C)(=O)=O)cc2)c(C=O)c1O. The Bertz CT molecular complexity index is 776. The van der Waals surface area contributed by atoms with Gasteiger partial charge in [-0.15, -0.1) is 0 Å². The number of methoxy groups -OCH3 is 1. The number of ether oxygens (including phenoxy) is 1. The van der Waals surface area contributed by atoms with Crippen LogP contribution in [0.15, 0.2) is 41.3 Å². The molecule has 110 valence electrons. The number of aromatic hydroxyl groups is 1. The number of aldehydes is 1. The van der Waals surface area contributed by atoms with Crippen LogP contribution in [0.25, 0.3) is 11.1 Å². The normalized spacial score (nSPS) is 11.1. The van der Waals surface area contributed by atoms with Crippen molar-refractivity contribution in [2.75, 3.05) is 13.4 Å². The first-order valence-corrected chi connectivity index (χ1v) is 7.93. The predicted octanol–water partition coefficient (Wildman–Crippen LogP) is 2.28. The molecular weight excluding hydrogens is 292 g/mol. The van der Waals surface area contributed by atoms with E-state index in [4.69, 9.17) is 4.74 Å². The molecule has 0 radical (unpaired) electrons. The molecule has 2 rings (SSSR count). The average molecular weight is 306 g/mol. The summed E-state index contributed by atoms with van der Waals surface area (Å²) in [5.74, 6) is -0.0363. The first-order valence-electron chi connectivity index (χ1n) is 6.04. The van der Waals surface area contributed by atoms with Gasteiger partial charge >= 0.3 is 0 Å². The van der Waals surface area contributed by atoms with Gasteiger partial charge in [-0.3, -0.25) is 4.79 Å². The van der Waals surface area contributed by atoms with Crippen LogP contribution >= 0.6 is 0 Å². The molecule has 0 amide bonds. The molecule has 0 aromatic heterocycles. The van der Waals surface area contributed by atoms with Gasteiger partial charge in [-0.1, -0.05) is 12.1 Å². The Morgan fingerprint density at radius 1 is 1.10 bits per heavy atom. The summed E-state index contributed by atoms with van der Waals surface area (Å²) in [7, 11) is -1.88. The van der Waals surface area contributed by atoms with Crippen molar-refractivity contribution < 1.29 is 23.1 Å². The van der Waals surface area contributed by atoms with Crippen LogP contribution < -0.4 is 4.74 Å². The van der Waals surface area contributed by atoms with Gasteiger partial charge in [0.1, 0.15) is 0 Å².